The van der Waals surface area contributed by atoms with Gasteiger partial charge in [-0.2, -0.15) is 0 Å². The Morgan fingerprint density at radius 3 is 2.56 bits per heavy atom. The molecule has 0 radical (unpaired) electrons. The molecule has 0 spiro atoms. The molecule has 27 heavy (non-hydrogen) atoms. The number of anilines is 2. The van der Waals surface area contributed by atoms with Gasteiger partial charge in [0.1, 0.15) is 0 Å². The molecule has 1 aliphatic heterocycles. The summed E-state index contributed by atoms with van der Waals surface area (Å²) < 4.78 is 5.12. The van der Waals surface area contributed by atoms with Crippen molar-refractivity contribution in [2.75, 3.05) is 43.0 Å². The van der Waals surface area contributed by atoms with Crippen LogP contribution in [0.25, 0.3) is 0 Å². The van der Waals surface area contributed by atoms with Crippen LogP contribution in [0, 0.1) is 5.92 Å². The lowest BCUT2D eigenvalue weighted by atomic mass is 9.98. The summed E-state index contributed by atoms with van der Waals surface area (Å²) in [5.74, 6) is -0.325. The number of esters is 1. The second-order valence-corrected chi connectivity index (χ2v) is 7.30. The fourth-order valence-corrected chi connectivity index (χ4v) is 3.64. The number of benzene rings is 1. The van der Waals surface area contributed by atoms with Crippen LogP contribution in [0.1, 0.15) is 40.5 Å². The van der Waals surface area contributed by atoms with Crippen LogP contribution in [0.5, 0.6) is 0 Å². The number of piperidine rings is 1. The Balaban J connectivity index is 1.87. The molecule has 0 bridgehead atoms. The van der Waals surface area contributed by atoms with Gasteiger partial charge in [0.15, 0.2) is 0 Å². The molecule has 1 aliphatic rings. The molecule has 1 atom stereocenters. The Bertz CT molecular complexity index is 616. The van der Waals surface area contributed by atoms with Gasteiger partial charge in [0.2, 0.25) is 5.91 Å². The zero-order valence-electron chi connectivity index (χ0n) is 17.0. The van der Waals surface area contributed by atoms with Crippen molar-refractivity contribution in [1.82, 2.24) is 4.90 Å². The van der Waals surface area contributed by atoms with Crippen molar-refractivity contribution >= 4 is 23.3 Å². The summed E-state index contributed by atoms with van der Waals surface area (Å²) in [5.41, 5.74) is 1.95. The van der Waals surface area contributed by atoms with E-state index in [0.29, 0.717) is 25.7 Å². The first kappa shape index (κ1) is 21.2. The highest BCUT2D eigenvalue weighted by molar-refractivity contribution is 5.92. The molecule has 1 N–H and O–H groups in total. The summed E-state index contributed by atoms with van der Waals surface area (Å²) in [6, 6.07) is 8.39. The van der Waals surface area contributed by atoms with Gasteiger partial charge in [-0.25, -0.2) is 0 Å². The first-order chi connectivity index (χ1) is 12.9. The predicted octanol–water partition coefficient (Wildman–Crippen LogP) is 3.13. The normalized spacial score (nSPS) is 17.6. The topological polar surface area (TPSA) is 61.9 Å². The molecule has 1 unspecified atom stereocenters. The van der Waals surface area contributed by atoms with Gasteiger partial charge in [0, 0.05) is 30.5 Å². The van der Waals surface area contributed by atoms with Crippen molar-refractivity contribution in [3.63, 3.8) is 0 Å². The quantitative estimate of drug-likeness (QED) is 0.707. The Morgan fingerprint density at radius 2 is 1.96 bits per heavy atom. The number of rotatable bonds is 8. The molecule has 1 heterocycles. The lowest BCUT2D eigenvalue weighted by Gasteiger charge is -2.30. The van der Waals surface area contributed by atoms with E-state index in [1.165, 1.54) is 0 Å². The van der Waals surface area contributed by atoms with Gasteiger partial charge < -0.3 is 15.0 Å². The number of nitrogens with one attached hydrogen (secondary N) is 1. The number of carbonyl (C=O) groups excluding carboxylic acids is 2. The summed E-state index contributed by atoms with van der Waals surface area (Å²) in [7, 11) is 0. The molecule has 1 fully saturated rings. The lowest BCUT2D eigenvalue weighted by Crippen LogP contribution is -2.43. The average molecular weight is 376 g/mol. The summed E-state index contributed by atoms with van der Waals surface area (Å²) in [6.07, 6.45) is 1.75. The molecule has 0 aliphatic carbocycles. The molecule has 0 saturated carbocycles. The van der Waals surface area contributed by atoms with Crippen LogP contribution in [0.15, 0.2) is 24.3 Å². The molecule has 6 heteroatoms. The Kier molecular flexibility index (Phi) is 8.10. The Labute approximate surface area is 162 Å². The van der Waals surface area contributed by atoms with E-state index >= 15 is 0 Å². The van der Waals surface area contributed by atoms with Gasteiger partial charge in [-0.15, -0.1) is 0 Å². The van der Waals surface area contributed by atoms with E-state index in [1.807, 2.05) is 36.1 Å². The molecule has 1 aromatic rings. The molecule has 0 aromatic heterocycles. The molecule has 1 saturated heterocycles. The van der Waals surface area contributed by atoms with E-state index in [1.54, 1.807) is 0 Å². The second kappa shape index (κ2) is 10.3. The van der Waals surface area contributed by atoms with E-state index in [2.05, 4.69) is 31.0 Å². The Hall–Kier alpha value is -2.08. The summed E-state index contributed by atoms with van der Waals surface area (Å²) in [5, 5.41) is 2.96. The largest absolute Gasteiger partial charge is 0.466 e. The lowest BCUT2D eigenvalue weighted by molar-refractivity contribution is -0.150. The summed E-state index contributed by atoms with van der Waals surface area (Å²) >= 11 is 0. The van der Waals surface area contributed by atoms with Crippen LogP contribution in [0.4, 0.5) is 11.4 Å². The monoisotopic (exact) mass is 375 g/mol. The van der Waals surface area contributed by atoms with Gasteiger partial charge in [-0.05, 0) is 71.3 Å². The van der Waals surface area contributed by atoms with Crippen molar-refractivity contribution in [2.45, 2.75) is 46.6 Å². The molecular formula is C21H33N3O3. The van der Waals surface area contributed by atoms with Crippen molar-refractivity contribution < 1.29 is 14.3 Å². The first-order valence-electron chi connectivity index (χ1n) is 10.00. The van der Waals surface area contributed by atoms with E-state index in [-0.39, 0.29) is 17.8 Å². The number of ether oxygens (including phenoxy) is 1. The van der Waals surface area contributed by atoms with Crippen LogP contribution in [-0.4, -0.2) is 55.6 Å². The number of carbonyl (C=O) groups is 2. The van der Waals surface area contributed by atoms with Crippen LogP contribution in [0.3, 0.4) is 0 Å². The van der Waals surface area contributed by atoms with Crippen LogP contribution in [0.2, 0.25) is 0 Å². The maximum Gasteiger partial charge on any atom is 0.310 e. The maximum absolute atomic E-state index is 12.4. The SMILES string of the molecule is CCOC(=O)C1CCCN(CC(=O)Nc2ccc(N(CC)C(C)C)cc2)C1. The number of nitrogens with zero attached hydrogens (tertiary/aromatic N) is 2. The summed E-state index contributed by atoms with van der Waals surface area (Å²) in [4.78, 5) is 28.6. The smallest absolute Gasteiger partial charge is 0.310 e. The third-order valence-corrected chi connectivity index (χ3v) is 4.94. The fourth-order valence-electron chi connectivity index (χ4n) is 3.64. The molecule has 1 aromatic carbocycles. The maximum atomic E-state index is 12.4. The average Bonchev–Trinajstić information content (AvgIpc) is 2.64. The zero-order chi connectivity index (χ0) is 19.8. The van der Waals surface area contributed by atoms with E-state index in [0.717, 1.165) is 37.3 Å². The Morgan fingerprint density at radius 1 is 1.26 bits per heavy atom. The number of hydrogen-bond donors (Lipinski definition) is 1. The summed E-state index contributed by atoms with van der Waals surface area (Å²) in [6.45, 7) is 11.4. The first-order valence-corrected chi connectivity index (χ1v) is 10.00. The van der Waals surface area contributed by atoms with Gasteiger partial charge in [-0.1, -0.05) is 0 Å². The molecule has 6 nitrogen and oxygen atoms in total. The number of amides is 1. The minimum absolute atomic E-state index is 0.0523. The van der Waals surface area contributed by atoms with Gasteiger partial charge in [0.25, 0.3) is 0 Å². The minimum Gasteiger partial charge on any atom is -0.466 e. The van der Waals surface area contributed by atoms with Crippen LogP contribution in [-0.2, 0) is 14.3 Å². The third kappa shape index (κ3) is 6.24. The fraction of sp³-hybridized carbons (Fsp3) is 0.619. The minimum atomic E-state index is -0.149. The predicted molar refractivity (Wildman–Crippen MR) is 109 cm³/mol. The highest BCUT2D eigenvalue weighted by Gasteiger charge is 2.27. The zero-order valence-corrected chi connectivity index (χ0v) is 17.0. The molecule has 150 valence electrons. The standard InChI is InChI=1S/C21H33N3O3/c1-5-24(16(3)4)19-11-9-18(10-12-19)22-20(25)15-23-13-7-8-17(14-23)21(26)27-6-2/h9-12,16-17H,5-8,13-15H2,1-4H3,(H,22,25). The highest BCUT2D eigenvalue weighted by Crippen LogP contribution is 2.21. The van der Waals surface area contributed by atoms with Gasteiger partial charge >= 0.3 is 5.97 Å². The van der Waals surface area contributed by atoms with Crippen LogP contribution >= 0.6 is 0 Å². The highest BCUT2D eigenvalue weighted by atomic mass is 16.5. The van der Waals surface area contributed by atoms with Gasteiger partial charge in [0.05, 0.1) is 19.1 Å². The van der Waals surface area contributed by atoms with Crippen molar-refractivity contribution in [1.29, 1.82) is 0 Å². The third-order valence-electron chi connectivity index (χ3n) is 4.94. The molecular weight excluding hydrogens is 342 g/mol. The molecule has 1 amide bonds. The van der Waals surface area contributed by atoms with E-state index in [9.17, 15) is 9.59 Å². The van der Waals surface area contributed by atoms with E-state index in [4.69, 9.17) is 4.74 Å². The van der Waals surface area contributed by atoms with Gasteiger partial charge in [-0.3, -0.25) is 14.5 Å². The van der Waals surface area contributed by atoms with Crippen molar-refractivity contribution in [3.05, 3.63) is 24.3 Å². The number of hydrogen-bond acceptors (Lipinski definition) is 5. The second-order valence-electron chi connectivity index (χ2n) is 7.30. The van der Waals surface area contributed by atoms with E-state index < -0.39 is 0 Å². The van der Waals surface area contributed by atoms with Crippen LogP contribution < -0.4 is 10.2 Å². The van der Waals surface area contributed by atoms with Crippen molar-refractivity contribution in [2.24, 2.45) is 5.92 Å². The molecule has 2 rings (SSSR count). The number of likely N-dealkylation sites (tertiary alicyclic amines) is 1. The van der Waals surface area contributed by atoms with Crippen molar-refractivity contribution in [3.8, 4) is 0 Å².